The summed E-state index contributed by atoms with van der Waals surface area (Å²) in [6.45, 7) is 5.90. The van der Waals surface area contributed by atoms with Crippen LogP contribution in [0.3, 0.4) is 0 Å². The minimum atomic E-state index is -0.00729. The predicted octanol–water partition coefficient (Wildman–Crippen LogP) is 1.74. The van der Waals surface area contributed by atoms with E-state index in [0.717, 1.165) is 24.8 Å². The maximum Gasteiger partial charge on any atom is 0.223 e. The molecule has 1 amide bonds. The monoisotopic (exact) mass is 252 g/mol. The van der Waals surface area contributed by atoms with Crippen LogP contribution in [0.5, 0.6) is 0 Å². The Kier molecular flexibility index (Phi) is 5.85. The van der Waals surface area contributed by atoms with Gasteiger partial charge in [-0.15, -0.1) is 0 Å². The topological polar surface area (TPSA) is 83.8 Å². The number of nitrogens with one attached hydrogen (secondary N) is 2. The number of nitrogens with two attached hydrogens (primary N) is 1. The molecule has 0 aliphatic heterocycles. The lowest BCUT2D eigenvalue weighted by Gasteiger charge is -2.16. The molecule has 1 rings (SSSR count). The summed E-state index contributed by atoms with van der Waals surface area (Å²) in [5.41, 5.74) is 6.68. The number of nitrogens with zero attached hydrogens (tertiary/aromatic N) is 1. The number of rotatable bonds is 7. The molecule has 0 saturated carbocycles. The Morgan fingerprint density at radius 2 is 2.17 bits per heavy atom. The number of hydrogen-bond donors (Lipinski definition) is 3. The molecular weight excluding hydrogens is 228 g/mol. The summed E-state index contributed by atoms with van der Waals surface area (Å²) in [4.78, 5) is 12.0. The number of carbonyl (C=O) groups is 1. The van der Waals surface area contributed by atoms with Crippen LogP contribution in [0, 0.1) is 5.92 Å². The van der Waals surface area contributed by atoms with Crippen LogP contribution >= 0.6 is 0 Å². The summed E-state index contributed by atoms with van der Waals surface area (Å²) in [7, 11) is 0. The first-order valence-corrected chi connectivity index (χ1v) is 6.55. The molecule has 0 fully saturated rings. The van der Waals surface area contributed by atoms with E-state index < -0.39 is 0 Å². The second-order valence-electron chi connectivity index (χ2n) is 5.07. The van der Waals surface area contributed by atoms with Gasteiger partial charge in [-0.25, -0.2) is 0 Å². The highest BCUT2D eigenvalue weighted by Crippen LogP contribution is 2.13. The van der Waals surface area contributed by atoms with Gasteiger partial charge >= 0.3 is 0 Å². The van der Waals surface area contributed by atoms with Gasteiger partial charge in [0.05, 0.1) is 12.2 Å². The van der Waals surface area contributed by atoms with Gasteiger partial charge < -0.3 is 11.1 Å². The van der Waals surface area contributed by atoms with E-state index in [4.69, 9.17) is 5.73 Å². The van der Waals surface area contributed by atoms with Gasteiger partial charge in [-0.05, 0) is 26.7 Å². The maximum atomic E-state index is 12.0. The van der Waals surface area contributed by atoms with E-state index in [1.807, 2.05) is 20.8 Å². The first-order valence-electron chi connectivity index (χ1n) is 6.55. The lowest BCUT2D eigenvalue weighted by atomic mass is 10.0. The SMILES string of the molecule is CC(N)CCCC(C)C(=O)NC(C)c1cn[nH]c1. The summed E-state index contributed by atoms with van der Waals surface area (Å²) in [5, 5.41) is 9.61. The van der Waals surface area contributed by atoms with Crippen LogP contribution in [-0.4, -0.2) is 22.1 Å². The quantitative estimate of drug-likeness (QED) is 0.691. The van der Waals surface area contributed by atoms with Gasteiger partial charge in [-0.2, -0.15) is 5.10 Å². The second kappa shape index (κ2) is 7.16. The maximum absolute atomic E-state index is 12.0. The fraction of sp³-hybridized carbons (Fsp3) is 0.692. The highest BCUT2D eigenvalue weighted by atomic mass is 16.1. The zero-order chi connectivity index (χ0) is 13.5. The summed E-state index contributed by atoms with van der Waals surface area (Å²) < 4.78 is 0. The highest BCUT2D eigenvalue weighted by molar-refractivity contribution is 5.78. The van der Waals surface area contributed by atoms with Gasteiger partial charge in [0.15, 0.2) is 0 Å². The van der Waals surface area contributed by atoms with E-state index in [1.165, 1.54) is 0 Å². The molecule has 102 valence electrons. The highest BCUT2D eigenvalue weighted by Gasteiger charge is 2.16. The van der Waals surface area contributed by atoms with Crippen molar-refractivity contribution >= 4 is 5.91 Å². The third-order valence-electron chi connectivity index (χ3n) is 3.12. The molecule has 0 spiro atoms. The van der Waals surface area contributed by atoms with Gasteiger partial charge in [0, 0.05) is 23.7 Å². The lowest BCUT2D eigenvalue weighted by Crippen LogP contribution is -2.31. The number of hydrogen-bond acceptors (Lipinski definition) is 3. The molecule has 3 atom stereocenters. The van der Waals surface area contributed by atoms with E-state index in [9.17, 15) is 4.79 Å². The average molecular weight is 252 g/mol. The largest absolute Gasteiger partial charge is 0.349 e. The summed E-state index contributed by atoms with van der Waals surface area (Å²) >= 11 is 0. The van der Waals surface area contributed by atoms with E-state index in [2.05, 4.69) is 15.5 Å². The molecule has 3 unspecified atom stereocenters. The molecule has 4 N–H and O–H groups in total. The Labute approximate surface area is 109 Å². The molecule has 1 aromatic heterocycles. The zero-order valence-corrected chi connectivity index (χ0v) is 11.4. The van der Waals surface area contributed by atoms with Crippen molar-refractivity contribution in [3.63, 3.8) is 0 Å². The molecule has 1 heterocycles. The van der Waals surface area contributed by atoms with Crippen molar-refractivity contribution in [3.05, 3.63) is 18.0 Å². The Morgan fingerprint density at radius 1 is 1.44 bits per heavy atom. The molecule has 18 heavy (non-hydrogen) atoms. The molecule has 0 saturated heterocycles. The standard InChI is InChI=1S/C13H24N4O/c1-9(5-4-6-10(2)14)13(18)17-11(3)12-7-15-16-8-12/h7-11H,4-6,14H2,1-3H3,(H,15,16)(H,17,18). The minimum absolute atomic E-state index is 0.00729. The van der Waals surface area contributed by atoms with Crippen molar-refractivity contribution < 1.29 is 4.79 Å². The van der Waals surface area contributed by atoms with Crippen molar-refractivity contribution in [1.82, 2.24) is 15.5 Å². The predicted molar refractivity (Wildman–Crippen MR) is 71.8 cm³/mol. The van der Waals surface area contributed by atoms with Crippen LogP contribution in [0.25, 0.3) is 0 Å². The van der Waals surface area contributed by atoms with Crippen LogP contribution in [-0.2, 0) is 4.79 Å². The minimum Gasteiger partial charge on any atom is -0.349 e. The van der Waals surface area contributed by atoms with Crippen LogP contribution in [0.2, 0.25) is 0 Å². The van der Waals surface area contributed by atoms with Crippen LogP contribution in [0.15, 0.2) is 12.4 Å². The van der Waals surface area contributed by atoms with Gasteiger partial charge in [-0.3, -0.25) is 9.89 Å². The Balaban J connectivity index is 2.31. The number of H-pyrrole nitrogens is 1. The second-order valence-corrected chi connectivity index (χ2v) is 5.07. The normalized spacial score (nSPS) is 16.0. The Bertz CT molecular complexity index is 348. The molecule has 5 heteroatoms. The molecular formula is C13H24N4O. The average Bonchev–Trinajstić information content (AvgIpc) is 2.81. The van der Waals surface area contributed by atoms with Gasteiger partial charge in [0.1, 0.15) is 0 Å². The molecule has 1 aromatic rings. The third-order valence-corrected chi connectivity index (χ3v) is 3.12. The Hall–Kier alpha value is -1.36. The van der Waals surface area contributed by atoms with Crippen molar-refractivity contribution in [3.8, 4) is 0 Å². The Morgan fingerprint density at radius 3 is 2.72 bits per heavy atom. The first-order chi connectivity index (χ1) is 8.50. The molecule has 0 radical (unpaired) electrons. The van der Waals surface area contributed by atoms with E-state index in [1.54, 1.807) is 12.4 Å². The van der Waals surface area contributed by atoms with Crippen LogP contribution in [0.1, 0.15) is 51.6 Å². The number of amides is 1. The first kappa shape index (κ1) is 14.7. The van der Waals surface area contributed by atoms with Crippen molar-refractivity contribution in [2.75, 3.05) is 0 Å². The summed E-state index contributed by atoms with van der Waals surface area (Å²) in [6, 6.07) is 0.206. The fourth-order valence-electron chi connectivity index (χ4n) is 1.81. The third kappa shape index (κ3) is 4.87. The van der Waals surface area contributed by atoms with Gasteiger partial charge in [0.25, 0.3) is 0 Å². The summed E-state index contributed by atoms with van der Waals surface area (Å²) in [6.07, 6.45) is 6.37. The molecule has 0 aliphatic rings. The number of aromatic nitrogens is 2. The smallest absolute Gasteiger partial charge is 0.223 e. The van der Waals surface area contributed by atoms with Gasteiger partial charge in [0.2, 0.25) is 5.91 Å². The summed E-state index contributed by atoms with van der Waals surface area (Å²) in [5.74, 6) is 0.117. The molecule has 0 bridgehead atoms. The fourth-order valence-corrected chi connectivity index (χ4v) is 1.81. The molecule has 5 nitrogen and oxygen atoms in total. The molecule has 0 aliphatic carbocycles. The van der Waals surface area contributed by atoms with E-state index in [-0.39, 0.29) is 23.9 Å². The van der Waals surface area contributed by atoms with Crippen LogP contribution in [0.4, 0.5) is 0 Å². The molecule has 0 aromatic carbocycles. The van der Waals surface area contributed by atoms with E-state index >= 15 is 0 Å². The van der Waals surface area contributed by atoms with E-state index in [0.29, 0.717) is 0 Å². The van der Waals surface area contributed by atoms with Crippen molar-refractivity contribution in [2.45, 2.75) is 52.1 Å². The number of carbonyl (C=O) groups excluding carboxylic acids is 1. The van der Waals surface area contributed by atoms with Crippen molar-refractivity contribution in [2.24, 2.45) is 11.7 Å². The zero-order valence-electron chi connectivity index (χ0n) is 11.4. The van der Waals surface area contributed by atoms with Gasteiger partial charge in [-0.1, -0.05) is 13.3 Å². The number of aromatic amines is 1. The van der Waals surface area contributed by atoms with Crippen molar-refractivity contribution in [1.29, 1.82) is 0 Å². The van der Waals surface area contributed by atoms with Crippen LogP contribution < -0.4 is 11.1 Å². The lowest BCUT2D eigenvalue weighted by molar-refractivity contribution is -0.125.